The molecule has 3 heterocycles. The van der Waals surface area contributed by atoms with Crippen LogP contribution in [0.4, 0.5) is 0 Å². The third-order valence-corrected chi connectivity index (χ3v) is 8.94. The van der Waals surface area contributed by atoms with Gasteiger partial charge < -0.3 is 10.0 Å². The van der Waals surface area contributed by atoms with Crippen molar-refractivity contribution in [2.75, 3.05) is 6.54 Å². The van der Waals surface area contributed by atoms with Crippen LogP contribution in [-0.4, -0.2) is 58.2 Å². The van der Waals surface area contributed by atoms with Crippen LogP contribution in [0.15, 0.2) is 54.1 Å². The van der Waals surface area contributed by atoms with Gasteiger partial charge in [0.25, 0.3) is 0 Å². The Morgan fingerprint density at radius 2 is 2.09 bits per heavy atom. The standard InChI is InChI=1S/C24H26ClN3O5S/c1-3-16-13-27(14-17-7-4-5-10-26-17)23(29)22-9-6-8-21(16)28(22)34(32,33)18-11-19(24(30)31)15(2)20(25)12-18/h3-5,7,10-12,16,21-22H,1,6,8-9,13-14H2,2H3,(H,30,31)/t16-,21-,22+/m1/s1. The molecule has 1 aromatic carbocycles. The summed E-state index contributed by atoms with van der Waals surface area (Å²) < 4.78 is 29.1. The highest BCUT2D eigenvalue weighted by atomic mass is 35.5. The van der Waals surface area contributed by atoms with Gasteiger partial charge in [0.05, 0.1) is 22.7 Å². The molecule has 2 fully saturated rings. The van der Waals surface area contributed by atoms with E-state index in [-0.39, 0.29) is 39.4 Å². The second kappa shape index (κ2) is 9.48. The van der Waals surface area contributed by atoms with Gasteiger partial charge in [-0.05, 0) is 56.0 Å². The Bertz CT molecular complexity index is 1230. The fourth-order valence-electron chi connectivity index (χ4n) is 4.87. The summed E-state index contributed by atoms with van der Waals surface area (Å²) in [4.78, 5) is 31.1. The first-order chi connectivity index (χ1) is 16.1. The Balaban J connectivity index is 1.79. The Morgan fingerprint density at radius 1 is 1.32 bits per heavy atom. The van der Waals surface area contributed by atoms with Gasteiger partial charge in [0.2, 0.25) is 15.9 Å². The van der Waals surface area contributed by atoms with Crippen molar-refractivity contribution in [1.82, 2.24) is 14.2 Å². The number of hydrogen-bond donors (Lipinski definition) is 1. The number of piperidine rings is 1. The molecule has 0 aliphatic carbocycles. The monoisotopic (exact) mass is 503 g/mol. The summed E-state index contributed by atoms with van der Waals surface area (Å²) in [6.07, 6.45) is 5.00. The lowest BCUT2D eigenvalue weighted by atomic mass is 9.90. The molecular formula is C24H26ClN3O5S. The van der Waals surface area contributed by atoms with Crippen LogP contribution in [0.1, 0.15) is 40.9 Å². The van der Waals surface area contributed by atoms with Crippen molar-refractivity contribution in [3.05, 3.63) is 71.0 Å². The Labute approximate surface area is 203 Å². The summed E-state index contributed by atoms with van der Waals surface area (Å²) in [6, 6.07) is 6.46. The van der Waals surface area contributed by atoms with Crippen LogP contribution in [0.3, 0.4) is 0 Å². The molecule has 10 heteroatoms. The van der Waals surface area contributed by atoms with Crippen LogP contribution in [0, 0.1) is 12.8 Å². The number of carbonyl (C=O) groups is 2. The highest BCUT2D eigenvalue weighted by Gasteiger charge is 2.49. The quantitative estimate of drug-likeness (QED) is 0.604. The van der Waals surface area contributed by atoms with Gasteiger partial charge in [-0.2, -0.15) is 4.31 Å². The van der Waals surface area contributed by atoms with Gasteiger partial charge in [-0.3, -0.25) is 9.78 Å². The number of hydrogen-bond acceptors (Lipinski definition) is 5. The fourth-order valence-corrected chi connectivity index (χ4v) is 7.08. The first kappa shape index (κ1) is 24.4. The van der Waals surface area contributed by atoms with E-state index < -0.39 is 28.1 Å². The summed E-state index contributed by atoms with van der Waals surface area (Å²) in [5, 5.41) is 9.59. The molecule has 2 aliphatic rings. The summed E-state index contributed by atoms with van der Waals surface area (Å²) in [5.74, 6) is -1.86. The molecule has 0 saturated carbocycles. The van der Waals surface area contributed by atoms with Crippen molar-refractivity contribution in [3.63, 3.8) is 0 Å². The van der Waals surface area contributed by atoms with Crippen molar-refractivity contribution in [3.8, 4) is 0 Å². The zero-order valence-corrected chi connectivity index (χ0v) is 20.3. The first-order valence-electron chi connectivity index (χ1n) is 11.0. The minimum atomic E-state index is -4.24. The van der Waals surface area contributed by atoms with E-state index in [0.717, 1.165) is 6.07 Å². The summed E-state index contributed by atoms with van der Waals surface area (Å²) in [7, 11) is -4.24. The molecular weight excluding hydrogens is 478 g/mol. The normalized spacial score (nSPS) is 23.4. The van der Waals surface area contributed by atoms with Crippen molar-refractivity contribution in [2.24, 2.45) is 5.92 Å². The lowest BCUT2D eigenvalue weighted by Gasteiger charge is -2.40. The zero-order chi connectivity index (χ0) is 24.6. The number of nitrogens with zero attached hydrogens (tertiary/aromatic N) is 3. The SMILES string of the molecule is C=C[C@@H]1CN(Cc2ccccn2)C(=O)[C@@H]2CCC[C@H]1N2S(=O)(=O)c1cc(Cl)c(C)c(C(=O)O)c1. The van der Waals surface area contributed by atoms with Crippen molar-refractivity contribution in [2.45, 2.75) is 49.7 Å². The summed E-state index contributed by atoms with van der Waals surface area (Å²) in [5.41, 5.74) is 0.807. The summed E-state index contributed by atoms with van der Waals surface area (Å²) >= 11 is 6.21. The largest absolute Gasteiger partial charge is 0.478 e. The van der Waals surface area contributed by atoms with Crippen LogP contribution in [-0.2, 0) is 21.4 Å². The molecule has 2 saturated heterocycles. The Morgan fingerprint density at radius 3 is 2.74 bits per heavy atom. The first-order valence-corrected chi connectivity index (χ1v) is 12.8. The van der Waals surface area contributed by atoms with E-state index in [2.05, 4.69) is 11.6 Å². The third-order valence-electron chi connectivity index (χ3n) is 6.64. The molecule has 34 heavy (non-hydrogen) atoms. The number of benzene rings is 1. The number of aromatic carboxylic acids is 1. The van der Waals surface area contributed by atoms with Gasteiger partial charge in [0.15, 0.2) is 0 Å². The van der Waals surface area contributed by atoms with E-state index >= 15 is 0 Å². The van der Waals surface area contributed by atoms with Gasteiger partial charge >= 0.3 is 5.97 Å². The van der Waals surface area contributed by atoms with E-state index in [0.29, 0.717) is 31.5 Å². The third kappa shape index (κ3) is 4.35. The maximum atomic E-state index is 13.9. The second-order valence-electron chi connectivity index (χ2n) is 8.67. The minimum Gasteiger partial charge on any atom is -0.478 e. The highest BCUT2D eigenvalue weighted by molar-refractivity contribution is 7.89. The molecule has 3 atom stereocenters. The van der Waals surface area contributed by atoms with Crippen LogP contribution < -0.4 is 0 Å². The van der Waals surface area contributed by atoms with Gasteiger partial charge in [0.1, 0.15) is 6.04 Å². The molecule has 2 bridgehead atoms. The lowest BCUT2D eigenvalue weighted by Crippen LogP contribution is -2.54. The molecule has 8 nitrogen and oxygen atoms in total. The van der Waals surface area contributed by atoms with Crippen molar-refractivity contribution >= 4 is 33.5 Å². The van der Waals surface area contributed by atoms with Crippen LogP contribution in [0.2, 0.25) is 5.02 Å². The van der Waals surface area contributed by atoms with Crippen molar-refractivity contribution < 1.29 is 23.1 Å². The number of pyridine rings is 1. The number of rotatable bonds is 6. The predicted molar refractivity (Wildman–Crippen MR) is 127 cm³/mol. The second-order valence-corrected chi connectivity index (χ2v) is 10.9. The minimum absolute atomic E-state index is 0.0434. The number of halogens is 1. The number of carbonyl (C=O) groups excluding carboxylic acids is 1. The van der Waals surface area contributed by atoms with Crippen LogP contribution >= 0.6 is 11.6 Å². The molecule has 2 aromatic rings. The maximum Gasteiger partial charge on any atom is 0.336 e. The number of aromatic nitrogens is 1. The molecule has 0 unspecified atom stereocenters. The Kier molecular flexibility index (Phi) is 6.80. The number of sulfonamides is 1. The van der Waals surface area contributed by atoms with Gasteiger partial charge in [0, 0.05) is 29.7 Å². The summed E-state index contributed by atoms with van der Waals surface area (Å²) in [6.45, 7) is 6.03. The molecule has 1 aromatic heterocycles. The van der Waals surface area contributed by atoms with Crippen molar-refractivity contribution in [1.29, 1.82) is 0 Å². The number of carboxylic acid groups (broad SMARTS) is 1. The fraction of sp³-hybridized carbons (Fsp3) is 0.375. The predicted octanol–water partition coefficient (Wildman–Crippen LogP) is 3.50. The van der Waals surface area contributed by atoms with E-state index in [1.54, 1.807) is 23.2 Å². The zero-order valence-electron chi connectivity index (χ0n) is 18.7. The van der Waals surface area contributed by atoms with E-state index in [1.807, 2.05) is 12.1 Å². The number of fused-ring (bicyclic) bond motifs is 2. The van der Waals surface area contributed by atoms with Gasteiger partial charge in [-0.15, -0.1) is 6.58 Å². The topological polar surface area (TPSA) is 108 Å². The smallest absolute Gasteiger partial charge is 0.336 e. The molecule has 1 N–H and O–H groups in total. The highest BCUT2D eigenvalue weighted by Crippen LogP contribution is 2.38. The molecule has 2 aliphatic heterocycles. The van der Waals surface area contributed by atoms with E-state index in [1.165, 1.54) is 17.3 Å². The molecule has 0 spiro atoms. The van der Waals surface area contributed by atoms with Gasteiger partial charge in [-0.25, -0.2) is 13.2 Å². The van der Waals surface area contributed by atoms with E-state index in [9.17, 15) is 23.1 Å². The van der Waals surface area contributed by atoms with Crippen LogP contribution in [0.25, 0.3) is 0 Å². The van der Waals surface area contributed by atoms with Crippen LogP contribution in [0.5, 0.6) is 0 Å². The molecule has 4 rings (SSSR count). The molecule has 0 radical (unpaired) electrons. The lowest BCUT2D eigenvalue weighted by molar-refractivity contribution is -0.135. The molecule has 1 amide bonds. The molecule has 180 valence electrons. The number of carboxylic acids is 1. The van der Waals surface area contributed by atoms with E-state index in [4.69, 9.17) is 11.6 Å². The maximum absolute atomic E-state index is 13.9. The average Bonchev–Trinajstić information content (AvgIpc) is 2.88. The van der Waals surface area contributed by atoms with Gasteiger partial charge in [-0.1, -0.05) is 23.7 Å². The number of amides is 1. The average molecular weight is 504 g/mol. The Hall–Kier alpha value is -2.75.